The Bertz CT molecular complexity index is 562. The van der Waals surface area contributed by atoms with Gasteiger partial charge in [-0.3, -0.25) is 9.30 Å². The van der Waals surface area contributed by atoms with Crippen LogP contribution in [0.5, 0.6) is 0 Å². The summed E-state index contributed by atoms with van der Waals surface area (Å²) in [6.07, 6.45) is 5.93. The number of piperidine rings is 1. The van der Waals surface area contributed by atoms with E-state index in [0.29, 0.717) is 6.04 Å². The van der Waals surface area contributed by atoms with E-state index in [9.17, 15) is 0 Å². The van der Waals surface area contributed by atoms with Gasteiger partial charge in [0.15, 0.2) is 0 Å². The van der Waals surface area contributed by atoms with E-state index in [0.717, 1.165) is 36.6 Å². The third-order valence-electron chi connectivity index (χ3n) is 3.71. The quantitative estimate of drug-likeness (QED) is 0.818. The molecule has 1 saturated heterocycles. The van der Waals surface area contributed by atoms with E-state index >= 15 is 0 Å². The maximum absolute atomic E-state index is 6.01. The fourth-order valence-corrected chi connectivity index (χ4v) is 2.81. The van der Waals surface area contributed by atoms with Crippen molar-refractivity contribution in [2.45, 2.75) is 31.8 Å². The van der Waals surface area contributed by atoms with Gasteiger partial charge in [-0.15, -0.1) is 0 Å². The molecule has 0 spiro atoms. The molecule has 96 valence electrons. The van der Waals surface area contributed by atoms with Crippen molar-refractivity contribution in [3.05, 3.63) is 30.0 Å². The third kappa shape index (κ3) is 1.89. The number of likely N-dealkylation sites (N-methyl/N-ethyl adjacent to an activating group) is 1. The van der Waals surface area contributed by atoms with Crippen molar-refractivity contribution >= 4 is 5.65 Å². The van der Waals surface area contributed by atoms with Gasteiger partial charge in [0.2, 0.25) is 0 Å². The Morgan fingerprint density at radius 1 is 1.39 bits per heavy atom. The molecule has 5 heteroatoms. The van der Waals surface area contributed by atoms with Crippen LogP contribution in [0.2, 0.25) is 0 Å². The van der Waals surface area contributed by atoms with Crippen LogP contribution in [0.3, 0.4) is 0 Å². The van der Waals surface area contributed by atoms with Crippen molar-refractivity contribution in [2.24, 2.45) is 5.73 Å². The second-order valence-electron chi connectivity index (χ2n) is 5.20. The average molecular weight is 245 g/mol. The van der Waals surface area contributed by atoms with Crippen molar-refractivity contribution in [1.82, 2.24) is 19.3 Å². The second-order valence-corrected chi connectivity index (χ2v) is 5.20. The Balaban J connectivity index is 2.05. The molecule has 0 saturated carbocycles. The zero-order valence-electron chi connectivity index (χ0n) is 10.9. The van der Waals surface area contributed by atoms with Crippen LogP contribution in [0.25, 0.3) is 5.65 Å². The fourth-order valence-electron chi connectivity index (χ4n) is 2.81. The lowest BCUT2D eigenvalue weighted by molar-refractivity contribution is 0.161. The van der Waals surface area contributed by atoms with Gasteiger partial charge in [-0.1, -0.05) is 0 Å². The van der Waals surface area contributed by atoms with E-state index in [4.69, 9.17) is 10.7 Å². The summed E-state index contributed by atoms with van der Waals surface area (Å²) in [4.78, 5) is 11.4. The summed E-state index contributed by atoms with van der Waals surface area (Å²) in [7, 11) is 2.12. The smallest absolute Gasteiger partial charge is 0.139 e. The molecule has 2 aromatic heterocycles. The summed E-state index contributed by atoms with van der Waals surface area (Å²) in [6.45, 7) is 2.95. The minimum atomic E-state index is 0.286. The number of rotatable bonds is 1. The first-order valence-corrected chi connectivity index (χ1v) is 6.41. The average Bonchev–Trinajstić information content (AvgIpc) is 2.76. The fraction of sp³-hybridized carbons (Fsp3) is 0.538. The summed E-state index contributed by atoms with van der Waals surface area (Å²) < 4.78 is 2.09. The number of fused-ring (bicyclic) bond motifs is 1. The van der Waals surface area contributed by atoms with Crippen LogP contribution < -0.4 is 5.73 Å². The Kier molecular flexibility index (Phi) is 2.80. The second kappa shape index (κ2) is 4.33. The van der Waals surface area contributed by atoms with Crippen molar-refractivity contribution < 1.29 is 0 Å². The largest absolute Gasteiger partial charge is 0.327 e. The standard InChI is InChI=1S/C13H19N5/c1-9-7-12-15-5-6-18(12)13(16-9)11-4-3-10(14)8-17(11)2/h5-7,10-11H,3-4,8,14H2,1-2H3. The van der Waals surface area contributed by atoms with Crippen LogP contribution in [-0.2, 0) is 0 Å². The zero-order chi connectivity index (χ0) is 12.7. The predicted octanol–water partition coefficient (Wildman–Crippen LogP) is 1.13. The number of nitrogens with two attached hydrogens (primary N) is 1. The van der Waals surface area contributed by atoms with E-state index in [1.807, 2.05) is 25.4 Å². The van der Waals surface area contributed by atoms with Gasteiger partial charge in [0.1, 0.15) is 11.5 Å². The minimum Gasteiger partial charge on any atom is -0.327 e. The highest BCUT2D eigenvalue weighted by atomic mass is 15.2. The third-order valence-corrected chi connectivity index (χ3v) is 3.71. The molecule has 2 aromatic rings. The molecule has 2 atom stereocenters. The molecule has 0 aromatic carbocycles. The van der Waals surface area contributed by atoms with E-state index in [-0.39, 0.29) is 6.04 Å². The van der Waals surface area contributed by atoms with Crippen LogP contribution >= 0.6 is 0 Å². The molecule has 1 fully saturated rings. The van der Waals surface area contributed by atoms with Crippen molar-refractivity contribution in [3.8, 4) is 0 Å². The maximum Gasteiger partial charge on any atom is 0.139 e. The first-order valence-electron chi connectivity index (χ1n) is 6.41. The first-order chi connectivity index (χ1) is 8.65. The van der Waals surface area contributed by atoms with Crippen LogP contribution in [0, 0.1) is 6.92 Å². The summed E-state index contributed by atoms with van der Waals surface area (Å²) in [5.74, 6) is 1.08. The van der Waals surface area contributed by atoms with E-state index < -0.39 is 0 Å². The van der Waals surface area contributed by atoms with Crippen molar-refractivity contribution in [1.29, 1.82) is 0 Å². The molecule has 0 bridgehead atoms. The molecule has 2 unspecified atom stereocenters. The molecule has 0 amide bonds. The highest BCUT2D eigenvalue weighted by Gasteiger charge is 2.27. The Morgan fingerprint density at radius 3 is 3.00 bits per heavy atom. The Labute approximate surface area is 107 Å². The molecule has 3 heterocycles. The molecule has 1 aliphatic rings. The molecule has 0 aliphatic carbocycles. The molecular formula is C13H19N5. The Hall–Kier alpha value is -1.46. The lowest BCUT2D eigenvalue weighted by atomic mass is 9.99. The van der Waals surface area contributed by atoms with Gasteiger partial charge in [0.05, 0.1) is 6.04 Å². The van der Waals surface area contributed by atoms with E-state index in [1.54, 1.807) is 0 Å². The monoisotopic (exact) mass is 245 g/mol. The molecule has 2 N–H and O–H groups in total. The number of aryl methyl sites for hydroxylation is 1. The van der Waals surface area contributed by atoms with Crippen molar-refractivity contribution in [3.63, 3.8) is 0 Å². The zero-order valence-corrected chi connectivity index (χ0v) is 10.9. The van der Waals surface area contributed by atoms with Gasteiger partial charge in [-0.05, 0) is 26.8 Å². The SMILES string of the molecule is Cc1cc2nccn2c(C2CCC(N)CN2C)n1. The predicted molar refractivity (Wildman–Crippen MR) is 70.3 cm³/mol. The lowest BCUT2D eigenvalue weighted by Crippen LogP contribution is -2.43. The highest BCUT2D eigenvalue weighted by Crippen LogP contribution is 2.28. The molecule has 1 aliphatic heterocycles. The molecule has 18 heavy (non-hydrogen) atoms. The summed E-state index contributed by atoms with van der Waals surface area (Å²) in [6, 6.07) is 2.63. The maximum atomic E-state index is 6.01. The van der Waals surface area contributed by atoms with Gasteiger partial charge in [-0.25, -0.2) is 9.97 Å². The van der Waals surface area contributed by atoms with Gasteiger partial charge >= 0.3 is 0 Å². The minimum absolute atomic E-state index is 0.286. The number of imidazole rings is 1. The van der Waals surface area contributed by atoms with Crippen LogP contribution in [0.15, 0.2) is 18.5 Å². The topological polar surface area (TPSA) is 59.5 Å². The van der Waals surface area contributed by atoms with E-state index in [2.05, 4.69) is 21.3 Å². The van der Waals surface area contributed by atoms with Crippen LogP contribution in [0.1, 0.15) is 30.4 Å². The van der Waals surface area contributed by atoms with E-state index in [1.165, 1.54) is 0 Å². The van der Waals surface area contributed by atoms with Gasteiger partial charge < -0.3 is 5.73 Å². The van der Waals surface area contributed by atoms with Gasteiger partial charge in [0.25, 0.3) is 0 Å². The molecular weight excluding hydrogens is 226 g/mol. The van der Waals surface area contributed by atoms with Crippen molar-refractivity contribution in [2.75, 3.05) is 13.6 Å². The van der Waals surface area contributed by atoms with Crippen LogP contribution in [-0.4, -0.2) is 38.9 Å². The van der Waals surface area contributed by atoms with Gasteiger partial charge in [-0.2, -0.15) is 0 Å². The first kappa shape index (κ1) is 11.6. The van der Waals surface area contributed by atoms with Gasteiger partial charge in [0, 0.05) is 36.7 Å². The van der Waals surface area contributed by atoms with Crippen LogP contribution in [0.4, 0.5) is 0 Å². The number of nitrogens with zero attached hydrogens (tertiary/aromatic N) is 4. The number of likely N-dealkylation sites (tertiary alicyclic amines) is 1. The number of hydrogen-bond donors (Lipinski definition) is 1. The number of hydrogen-bond acceptors (Lipinski definition) is 4. The number of aromatic nitrogens is 3. The lowest BCUT2D eigenvalue weighted by Gasteiger charge is -2.35. The summed E-state index contributed by atoms with van der Waals surface area (Å²) >= 11 is 0. The molecule has 0 radical (unpaired) electrons. The normalized spacial score (nSPS) is 25.7. The molecule has 3 rings (SSSR count). The summed E-state index contributed by atoms with van der Waals surface area (Å²) in [5, 5.41) is 0. The molecule has 5 nitrogen and oxygen atoms in total. The Morgan fingerprint density at radius 2 is 2.22 bits per heavy atom. The highest BCUT2D eigenvalue weighted by molar-refractivity contribution is 5.40. The summed E-state index contributed by atoms with van der Waals surface area (Å²) in [5.41, 5.74) is 8.00.